The highest BCUT2D eigenvalue weighted by Crippen LogP contribution is 2.22. The van der Waals surface area contributed by atoms with Gasteiger partial charge in [0, 0.05) is 38.2 Å². The van der Waals surface area contributed by atoms with Crippen molar-refractivity contribution in [3.8, 4) is 5.75 Å². The minimum absolute atomic E-state index is 0. The van der Waals surface area contributed by atoms with E-state index in [9.17, 15) is 0 Å². The highest BCUT2D eigenvalue weighted by atomic mass is 127. The van der Waals surface area contributed by atoms with Crippen molar-refractivity contribution >= 4 is 29.9 Å². The predicted molar refractivity (Wildman–Crippen MR) is 114 cm³/mol. The first-order chi connectivity index (χ1) is 11.7. The summed E-state index contributed by atoms with van der Waals surface area (Å²) in [5.41, 5.74) is 2.36. The van der Waals surface area contributed by atoms with Crippen molar-refractivity contribution in [2.45, 2.75) is 39.7 Å². The third-order valence-corrected chi connectivity index (χ3v) is 4.21. The van der Waals surface area contributed by atoms with Gasteiger partial charge in [-0.05, 0) is 31.4 Å². The van der Waals surface area contributed by atoms with Gasteiger partial charge in [-0.15, -0.1) is 24.0 Å². The molecule has 0 bridgehead atoms. The highest BCUT2D eigenvalue weighted by Gasteiger charge is 2.17. The molecule has 0 saturated carbocycles. The lowest BCUT2D eigenvalue weighted by Crippen LogP contribution is -2.37. The summed E-state index contributed by atoms with van der Waals surface area (Å²) < 4.78 is 11.5. The molecule has 2 rings (SSSR count). The fraction of sp³-hybridized carbons (Fsp3) is 0.632. The van der Waals surface area contributed by atoms with Crippen LogP contribution in [0, 0.1) is 12.8 Å². The molecule has 1 aliphatic heterocycles. The second kappa shape index (κ2) is 12.4. The van der Waals surface area contributed by atoms with Gasteiger partial charge >= 0.3 is 0 Å². The molecule has 1 aromatic rings. The van der Waals surface area contributed by atoms with Crippen molar-refractivity contribution in [3.63, 3.8) is 0 Å². The first-order valence-electron chi connectivity index (χ1n) is 8.97. The van der Waals surface area contributed by atoms with Crippen LogP contribution in [0.5, 0.6) is 5.75 Å². The van der Waals surface area contributed by atoms with Gasteiger partial charge in [-0.25, -0.2) is 0 Å². The summed E-state index contributed by atoms with van der Waals surface area (Å²) in [5.74, 6) is 2.30. The third-order valence-electron chi connectivity index (χ3n) is 4.21. The Morgan fingerprint density at radius 1 is 1.36 bits per heavy atom. The Morgan fingerprint density at radius 2 is 2.20 bits per heavy atom. The number of nitrogens with one attached hydrogen (secondary N) is 2. The van der Waals surface area contributed by atoms with Gasteiger partial charge in [0.15, 0.2) is 5.96 Å². The van der Waals surface area contributed by atoms with Gasteiger partial charge in [0.05, 0.1) is 13.2 Å². The SMILES string of the molecule is CCCCNC(=NC)NCc1ccc(C)cc1OCC1CCOC1.I. The van der Waals surface area contributed by atoms with Crippen LogP contribution in [0.15, 0.2) is 23.2 Å². The van der Waals surface area contributed by atoms with Gasteiger partial charge in [0.25, 0.3) is 0 Å². The molecule has 25 heavy (non-hydrogen) atoms. The molecule has 1 saturated heterocycles. The molecule has 1 atom stereocenters. The molecule has 1 aromatic carbocycles. The summed E-state index contributed by atoms with van der Waals surface area (Å²) in [4.78, 5) is 4.27. The highest BCUT2D eigenvalue weighted by molar-refractivity contribution is 14.0. The molecular formula is C19H32IN3O2. The van der Waals surface area contributed by atoms with Crippen LogP contribution in [0.25, 0.3) is 0 Å². The van der Waals surface area contributed by atoms with E-state index in [-0.39, 0.29) is 24.0 Å². The number of ether oxygens (including phenoxy) is 2. The Balaban J connectivity index is 0.00000312. The number of benzene rings is 1. The van der Waals surface area contributed by atoms with E-state index in [1.165, 1.54) is 12.0 Å². The first kappa shape index (κ1) is 22.0. The predicted octanol–water partition coefficient (Wildman–Crippen LogP) is 3.49. The normalized spacial score (nSPS) is 17.1. The zero-order valence-electron chi connectivity index (χ0n) is 15.6. The fourth-order valence-electron chi connectivity index (χ4n) is 2.65. The number of hydrogen-bond donors (Lipinski definition) is 2. The fourth-order valence-corrected chi connectivity index (χ4v) is 2.65. The van der Waals surface area contributed by atoms with Crippen LogP contribution in [0.3, 0.4) is 0 Å². The average Bonchev–Trinajstić information content (AvgIpc) is 3.11. The van der Waals surface area contributed by atoms with E-state index >= 15 is 0 Å². The Kier molecular flexibility index (Phi) is 10.9. The number of hydrogen-bond acceptors (Lipinski definition) is 3. The molecule has 2 N–H and O–H groups in total. The molecule has 0 amide bonds. The maximum absolute atomic E-state index is 6.09. The van der Waals surface area contributed by atoms with E-state index in [0.717, 1.165) is 56.5 Å². The number of aryl methyl sites for hydroxylation is 1. The number of guanidine groups is 1. The standard InChI is InChI=1S/C19H31N3O2.HI/c1-4-5-9-21-19(20-3)22-12-17-7-6-15(2)11-18(17)24-14-16-8-10-23-13-16;/h6-7,11,16H,4-5,8-10,12-14H2,1-3H3,(H2,20,21,22);1H. The van der Waals surface area contributed by atoms with Crippen LogP contribution in [-0.2, 0) is 11.3 Å². The summed E-state index contributed by atoms with van der Waals surface area (Å²) in [6.45, 7) is 8.30. The van der Waals surface area contributed by atoms with Crippen LogP contribution in [0.1, 0.15) is 37.3 Å². The molecular weight excluding hydrogens is 429 g/mol. The summed E-state index contributed by atoms with van der Waals surface area (Å²) in [7, 11) is 1.80. The summed E-state index contributed by atoms with van der Waals surface area (Å²) in [5, 5.41) is 6.70. The van der Waals surface area contributed by atoms with Gasteiger partial charge in [-0.2, -0.15) is 0 Å². The molecule has 5 nitrogen and oxygen atoms in total. The second-order valence-corrected chi connectivity index (χ2v) is 6.36. The maximum Gasteiger partial charge on any atom is 0.191 e. The smallest absolute Gasteiger partial charge is 0.191 e. The Morgan fingerprint density at radius 3 is 2.88 bits per heavy atom. The van der Waals surface area contributed by atoms with Crippen molar-refractivity contribution < 1.29 is 9.47 Å². The van der Waals surface area contributed by atoms with E-state index in [2.05, 4.69) is 47.7 Å². The van der Waals surface area contributed by atoms with Crippen molar-refractivity contribution in [1.82, 2.24) is 10.6 Å². The first-order valence-corrected chi connectivity index (χ1v) is 8.97. The van der Waals surface area contributed by atoms with E-state index in [4.69, 9.17) is 9.47 Å². The second-order valence-electron chi connectivity index (χ2n) is 6.36. The van der Waals surface area contributed by atoms with Crippen LogP contribution >= 0.6 is 24.0 Å². The van der Waals surface area contributed by atoms with Gasteiger partial charge in [0.2, 0.25) is 0 Å². The number of halogens is 1. The molecule has 0 aromatic heterocycles. The topological polar surface area (TPSA) is 54.9 Å². The third kappa shape index (κ3) is 7.81. The van der Waals surface area contributed by atoms with Gasteiger partial charge in [-0.1, -0.05) is 25.5 Å². The number of unbranched alkanes of at least 4 members (excludes halogenated alkanes) is 1. The number of nitrogens with zero attached hydrogens (tertiary/aromatic N) is 1. The van der Waals surface area contributed by atoms with Crippen LogP contribution in [0.4, 0.5) is 0 Å². The zero-order valence-corrected chi connectivity index (χ0v) is 18.0. The lowest BCUT2D eigenvalue weighted by atomic mass is 10.1. The number of rotatable bonds is 8. The molecule has 6 heteroatoms. The lowest BCUT2D eigenvalue weighted by Gasteiger charge is -2.17. The average molecular weight is 461 g/mol. The van der Waals surface area contributed by atoms with Crippen molar-refractivity contribution in [3.05, 3.63) is 29.3 Å². The maximum atomic E-state index is 6.09. The monoisotopic (exact) mass is 461 g/mol. The Hall–Kier alpha value is -1.02. The lowest BCUT2D eigenvalue weighted by molar-refractivity contribution is 0.166. The summed E-state index contributed by atoms with van der Waals surface area (Å²) in [6, 6.07) is 6.36. The van der Waals surface area contributed by atoms with Crippen molar-refractivity contribution in [1.29, 1.82) is 0 Å². The van der Waals surface area contributed by atoms with Gasteiger partial charge in [0.1, 0.15) is 5.75 Å². The molecule has 142 valence electrons. The van der Waals surface area contributed by atoms with Crippen LogP contribution in [0.2, 0.25) is 0 Å². The summed E-state index contributed by atoms with van der Waals surface area (Å²) in [6.07, 6.45) is 3.40. The van der Waals surface area contributed by atoms with E-state index in [1.807, 2.05) is 0 Å². The van der Waals surface area contributed by atoms with Crippen LogP contribution < -0.4 is 15.4 Å². The minimum atomic E-state index is 0. The molecule has 1 fully saturated rings. The molecule has 1 heterocycles. The molecule has 0 radical (unpaired) electrons. The van der Waals surface area contributed by atoms with Crippen molar-refractivity contribution in [2.75, 3.05) is 33.4 Å². The van der Waals surface area contributed by atoms with Gasteiger partial charge < -0.3 is 20.1 Å². The molecule has 0 aliphatic carbocycles. The van der Waals surface area contributed by atoms with Gasteiger partial charge in [-0.3, -0.25) is 4.99 Å². The Labute approximate surface area is 169 Å². The van der Waals surface area contributed by atoms with E-state index in [0.29, 0.717) is 12.5 Å². The van der Waals surface area contributed by atoms with E-state index < -0.39 is 0 Å². The largest absolute Gasteiger partial charge is 0.493 e. The minimum Gasteiger partial charge on any atom is -0.493 e. The van der Waals surface area contributed by atoms with Crippen molar-refractivity contribution in [2.24, 2.45) is 10.9 Å². The molecule has 1 aliphatic rings. The molecule has 1 unspecified atom stereocenters. The molecule has 0 spiro atoms. The summed E-state index contributed by atoms with van der Waals surface area (Å²) >= 11 is 0. The Bertz CT molecular complexity index is 531. The number of aliphatic imine (C=N–C) groups is 1. The quantitative estimate of drug-likeness (QED) is 0.269. The van der Waals surface area contributed by atoms with Crippen LogP contribution in [-0.4, -0.2) is 39.4 Å². The van der Waals surface area contributed by atoms with E-state index in [1.54, 1.807) is 7.05 Å². The zero-order chi connectivity index (χ0) is 17.2.